The molecule has 2 heterocycles. The van der Waals surface area contributed by atoms with Gasteiger partial charge in [0.15, 0.2) is 4.80 Å². The lowest BCUT2D eigenvalue weighted by Crippen LogP contribution is -2.40. The maximum atomic E-state index is 13.8. The van der Waals surface area contributed by atoms with E-state index >= 15 is 0 Å². The molecule has 38 heavy (non-hydrogen) atoms. The van der Waals surface area contributed by atoms with E-state index in [1.165, 1.54) is 11.3 Å². The first-order valence-electron chi connectivity index (χ1n) is 12.2. The number of benzene rings is 3. The van der Waals surface area contributed by atoms with Gasteiger partial charge in [0, 0.05) is 5.56 Å². The van der Waals surface area contributed by atoms with Crippen LogP contribution in [-0.2, 0) is 9.53 Å². The number of fused-ring (bicyclic) bond motifs is 1. The quantitative estimate of drug-likeness (QED) is 0.329. The molecule has 1 atom stereocenters. The molecule has 4 aromatic rings. The molecule has 5 rings (SSSR count). The van der Waals surface area contributed by atoms with E-state index in [0.717, 1.165) is 11.3 Å². The minimum absolute atomic E-state index is 0.208. The lowest BCUT2D eigenvalue weighted by molar-refractivity contribution is -0.139. The average molecular weight is 527 g/mol. The van der Waals surface area contributed by atoms with E-state index in [4.69, 9.17) is 14.2 Å². The van der Waals surface area contributed by atoms with Gasteiger partial charge < -0.3 is 14.2 Å². The van der Waals surface area contributed by atoms with E-state index in [-0.39, 0.29) is 12.2 Å². The monoisotopic (exact) mass is 526 g/mol. The Morgan fingerprint density at radius 2 is 1.76 bits per heavy atom. The smallest absolute Gasteiger partial charge is 0.338 e. The van der Waals surface area contributed by atoms with Gasteiger partial charge in [0.2, 0.25) is 0 Å². The molecule has 0 spiro atoms. The topological polar surface area (TPSA) is 79.1 Å². The number of rotatable bonds is 7. The summed E-state index contributed by atoms with van der Waals surface area (Å²) in [6.07, 6.45) is 1.81. The van der Waals surface area contributed by atoms with Crippen LogP contribution < -0.4 is 24.4 Å². The molecule has 0 saturated heterocycles. The van der Waals surface area contributed by atoms with Crippen LogP contribution in [0.5, 0.6) is 17.2 Å². The van der Waals surface area contributed by atoms with Gasteiger partial charge in [-0.25, -0.2) is 9.79 Å². The molecule has 1 aliphatic rings. The number of hydrogen-bond donors (Lipinski definition) is 0. The molecule has 0 amide bonds. The van der Waals surface area contributed by atoms with Gasteiger partial charge in [-0.1, -0.05) is 59.9 Å². The lowest BCUT2D eigenvalue weighted by atomic mass is 9.95. The fourth-order valence-corrected chi connectivity index (χ4v) is 5.47. The highest BCUT2D eigenvalue weighted by atomic mass is 32.1. The zero-order valence-electron chi connectivity index (χ0n) is 21.2. The summed E-state index contributed by atoms with van der Waals surface area (Å²) in [5.41, 5.74) is 2.05. The third kappa shape index (κ3) is 4.90. The van der Waals surface area contributed by atoms with Crippen LogP contribution >= 0.6 is 11.3 Å². The molecule has 7 nitrogen and oxygen atoms in total. The number of nitrogens with zero attached hydrogens (tertiary/aromatic N) is 2. The summed E-state index contributed by atoms with van der Waals surface area (Å²) in [7, 11) is 1.56. The van der Waals surface area contributed by atoms with Crippen molar-refractivity contribution in [2.45, 2.75) is 19.9 Å². The van der Waals surface area contributed by atoms with Gasteiger partial charge in [0.1, 0.15) is 23.3 Å². The van der Waals surface area contributed by atoms with Crippen LogP contribution in [-0.4, -0.2) is 24.3 Å². The van der Waals surface area contributed by atoms with Crippen LogP contribution in [0.2, 0.25) is 0 Å². The molecule has 0 aliphatic carbocycles. The van der Waals surface area contributed by atoms with Crippen molar-refractivity contribution < 1.29 is 19.0 Å². The van der Waals surface area contributed by atoms with Gasteiger partial charge in [-0.3, -0.25) is 9.36 Å². The Morgan fingerprint density at radius 1 is 1.03 bits per heavy atom. The highest BCUT2D eigenvalue weighted by molar-refractivity contribution is 7.07. The molecular weight excluding hydrogens is 500 g/mol. The highest BCUT2D eigenvalue weighted by Crippen LogP contribution is 2.35. The second-order valence-corrected chi connectivity index (χ2v) is 9.54. The van der Waals surface area contributed by atoms with Crippen LogP contribution in [0.4, 0.5) is 0 Å². The van der Waals surface area contributed by atoms with Gasteiger partial charge in [-0.15, -0.1) is 0 Å². The van der Waals surface area contributed by atoms with Crippen molar-refractivity contribution in [3.8, 4) is 17.2 Å². The van der Waals surface area contributed by atoms with Gasteiger partial charge >= 0.3 is 5.97 Å². The number of aromatic nitrogens is 1. The SMILES string of the molecule is CCOC(=O)C1=C(C)N=c2s/c(=C/c3cccc(Oc4ccccc4)c3)c(=O)n2[C@H]1c1ccccc1OC. The van der Waals surface area contributed by atoms with Crippen molar-refractivity contribution in [2.75, 3.05) is 13.7 Å². The first-order chi connectivity index (χ1) is 18.5. The molecule has 1 aromatic heterocycles. The second kappa shape index (κ2) is 10.9. The van der Waals surface area contributed by atoms with Crippen LogP contribution in [0.25, 0.3) is 6.08 Å². The number of carbonyl (C=O) groups is 1. The first kappa shape index (κ1) is 25.2. The molecular formula is C30H26N2O5S. The van der Waals surface area contributed by atoms with Crippen molar-refractivity contribution in [1.82, 2.24) is 4.57 Å². The highest BCUT2D eigenvalue weighted by Gasteiger charge is 2.34. The molecule has 0 bridgehead atoms. The molecule has 0 radical (unpaired) electrons. The Balaban J connectivity index is 1.64. The molecule has 0 N–H and O–H groups in total. The lowest BCUT2D eigenvalue weighted by Gasteiger charge is -2.25. The second-order valence-electron chi connectivity index (χ2n) is 8.53. The zero-order chi connectivity index (χ0) is 26.6. The average Bonchev–Trinajstić information content (AvgIpc) is 3.22. The Morgan fingerprint density at radius 3 is 2.53 bits per heavy atom. The third-order valence-electron chi connectivity index (χ3n) is 6.09. The summed E-state index contributed by atoms with van der Waals surface area (Å²) in [5, 5.41) is 0. The van der Waals surface area contributed by atoms with Gasteiger partial charge in [0.25, 0.3) is 5.56 Å². The third-order valence-corrected chi connectivity index (χ3v) is 7.07. The molecule has 0 unspecified atom stereocenters. The molecule has 192 valence electrons. The summed E-state index contributed by atoms with van der Waals surface area (Å²) in [6.45, 7) is 3.72. The van der Waals surface area contributed by atoms with Gasteiger partial charge in [0.05, 0.1) is 29.5 Å². The molecule has 3 aromatic carbocycles. The number of esters is 1. The number of methoxy groups -OCH3 is 1. The van der Waals surface area contributed by atoms with E-state index in [1.807, 2.05) is 84.9 Å². The summed E-state index contributed by atoms with van der Waals surface area (Å²) in [4.78, 5) is 32.1. The maximum Gasteiger partial charge on any atom is 0.338 e. The number of para-hydroxylation sites is 2. The Bertz CT molecular complexity index is 1700. The van der Waals surface area contributed by atoms with E-state index in [1.54, 1.807) is 25.5 Å². The predicted octanol–water partition coefficient (Wildman–Crippen LogP) is 4.60. The zero-order valence-corrected chi connectivity index (χ0v) is 22.0. The summed E-state index contributed by atoms with van der Waals surface area (Å²) in [5.74, 6) is 1.44. The Labute approximate surface area is 223 Å². The number of allylic oxidation sites excluding steroid dienone is 1. The van der Waals surface area contributed by atoms with E-state index < -0.39 is 12.0 Å². The number of thiazole rings is 1. The van der Waals surface area contributed by atoms with Crippen molar-refractivity contribution in [3.63, 3.8) is 0 Å². The maximum absolute atomic E-state index is 13.8. The van der Waals surface area contributed by atoms with Crippen LogP contribution in [0.15, 0.2) is 99.9 Å². The largest absolute Gasteiger partial charge is 0.496 e. The predicted molar refractivity (Wildman–Crippen MR) is 146 cm³/mol. The van der Waals surface area contributed by atoms with Gasteiger partial charge in [-0.05, 0) is 55.8 Å². The van der Waals surface area contributed by atoms with Crippen LogP contribution in [0.3, 0.4) is 0 Å². The van der Waals surface area contributed by atoms with E-state index in [0.29, 0.717) is 37.7 Å². The number of hydrogen-bond acceptors (Lipinski definition) is 7. The van der Waals surface area contributed by atoms with Crippen molar-refractivity contribution in [1.29, 1.82) is 0 Å². The van der Waals surface area contributed by atoms with Crippen molar-refractivity contribution >= 4 is 23.4 Å². The minimum atomic E-state index is -0.739. The number of ether oxygens (including phenoxy) is 3. The summed E-state index contributed by atoms with van der Waals surface area (Å²) >= 11 is 1.27. The fourth-order valence-electron chi connectivity index (χ4n) is 4.42. The number of carbonyl (C=O) groups excluding carboxylic acids is 1. The first-order valence-corrected chi connectivity index (χ1v) is 13.0. The molecule has 0 saturated carbocycles. The Hall–Kier alpha value is -4.43. The Kier molecular flexibility index (Phi) is 7.24. The summed E-state index contributed by atoms with van der Waals surface area (Å²) in [6, 6.07) is 23.6. The van der Waals surface area contributed by atoms with Crippen LogP contribution in [0.1, 0.15) is 31.0 Å². The van der Waals surface area contributed by atoms with Crippen molar-refractivity contribution in [2.24, 2.45) is 4.99 Å². The molecule has 0 fully saturated rings. The van der Waals surface area contributed by atoms with E-state index in [9.17, 15) is 9.59 Å². The standard InChI is InChI=1S/C30H26N2O5S/c1-4-36-29(34)26-19(2)31-30-32(27(26)23-15-8-9-16-24(23)35-3)28(33)25(38-30)18-20-11-10-14-22(17-20)37-21-12-6-5-7-13-21/h5-18,27H,4H2,1-3H3/b25-18+/t27-/m0/s1. The van der Waals surface area contributed by atoms with Crippen molar-refractivity contribution in [3.05, 3.63) is 121 Å². The summed E-state index contributed by atoms with van der Waals surface area (Å²) < 4.78 is 19.0. The molecule has 1 aliphatic heterocycles. The van der Waals surface area contributed by atoms with Gasteiger partial charge in [-0.2, -0.15) is 0 Å². The minimum Gasteiger partial charge on any atom is -0.496 e. The normalized spacial score (nSPS) is 15.0. The fraction of sp³-hybridized carbons (Fsp3) is 0.167. The van der Waals surface area contributed by atoms with Crippen LogP contribution in [0, 0.1) is 0 Å². The molecule has 8 heteroatoms. The van der Waals surface area contributed by atoms with E-state index in [2.05, 4.69) is 4.99 Å².